The summed E-state index contributed by atoms with van der Waals surface area (Å²) < 4.78 is 13.5. The SMILES string of the molecule is COCC1(CNC(=O)c2c(C3CC3)nn3ccccc23)OCCc2ccccc21. The zero-order valence-corrected chi connectivity index (χ0v) is 16.6. The maximum absolute atomic E-state index is 13.3. The maximum Gasteiger partial charge on any atom is 0.255 e. The predicted octanol–water partition coefficient (Wildman–Crippen LogP) is 3.06. The molecular formula is C23H25N3O3. The molecule has 0 spiro atoms. The highest BCUT2D eigenvalue weighted by Gasteiger charge is 2.39. The number of methoxy groups -OCH3 is 1. The van der Waals surface area contributed by atoms with Crippen molar-refractivity contribution in [3.63, 3.8) is 0 Å². The second-order valence-electron chi connectivity index (χ2n) is 7.93. The zero-order valence-electron chi connectivity index (χ0n) is 16.6. The number of benzene rings is 1. The van der Waals surface area contributed by atoms with Crippen LogP contribution in [0, 0.1) is 0 Å². The minimum Gasteiger partial charge on any atom is -0.381 e. The van der Waals surface area contributed by atoms with E-state index in [4.69, 9.17) is 9.47 Å². The number of carbonyl (C=O) groups excluding carboxylic acids is 1. The molecule has 5 rings (SSSR count). The first kappa shape index (κ1) is 18.3. The lowest BCUT2D eigenvalue weighted by molar-refractivity contribution is -0.0997. The summed E-state index contributed by atoms with van der Waals surface area (Å²) in [6, 6.07) is 14.1. The van der Waals surface area contributed by atoms with Gasteiger partial charge in [0.05, 0.1) is 36.5 Å². The van der Waals surface area contributed by atoms with Gasteiger partial charge in [-0.1, -0.05) is 30.3 Å². The molecule has 150 valence electrons. The fourth-order valence-corrected chi connectivity index (χ4v) is 4.37. The third-order valence-corrected chi connectivity index (χ3v) is 5.93. The smallest absolute Gasteiger partial charge is 0.255 e. The van der Waals surface area contributed by atoms with Crippen LogP contribution in [0.4, 0.5) is 0 Å². The summed E-state index contributed by atoms with van der Waals surface area (Å²) in [5.41, 5.74) is 4.10. The van der Waals surface area contributed by atoms with Gasteiger partial charge in [0.25, 0.3) is 5.91 Å². The number of fused-ring (bicyclic) bond motifs is 2. The molecule has 6 heteroatoms. The van der Waals surface area contributed by atoms with Crippen LogP contribution in [-0.4, -0.2) is 42.4 Å². The monoisotopic (exact) mass is 391 g/mol. The second-order valence-corrected chi connectivity index (χ2v) is 7.93. The minimum absolute atomic E-state index is 0.102. The Balaban J connectivity index is 1.46. The average Bonchev–Trinajstić information content (AvgIpc) is 3.52. The number of amides is 1. The van der Waals surface area contributed by atoms with Crippen LogP contribution in [0.3, 0.4) is 0 Å². The zero-order chi connectivity index (χ0) is 19.8. The maximum atomic E-state index is 13.3. The lowest BCUT2D eigenvalue weighted by Gasteiger charge is -2.38. The molecule has 0 saturated heterocycles. The number of hydrogen-bond acceptors (Lipinski definition) is 4. The molecule has 0 radical (unpaired) electrons. The molecule has 1 unspecified atom stereocenters. The number of pyridine rings is 1. The third-order valence-electron chi connectivity index (χ3n) is 5.93. The van der Waals surface area contributed by atoms with E-state index < -0.39 is 5.60 Å². The summed E-state index contributed by atoms with van der Waals surface area (Å²) in [5.74, 6) is 0.283. The van der Waals surface area contributed by atoms with Gasteiger partial charge in [0.1, 0.15) is 5.60 Å². The van der Waals surface area contributed by atoms with Crippen molar-refractivity contribution in [2.45, 2.75) is 30.8 Å². The van der Waals surface area contributed by atoms with Crippen LogP contribution in [0.15, 0.2) is 48.7 Å². The van der Waals surface area contributed by atoms with Gasteiger partial charge in [-0.3, -0.25) is 4.79 Å². The van der Waals surface area contributed by atoms with E-state index in [1.807, 2.05) is 36.5 Å². The number of nitrogens with one attached hydrogen (secondary N) is 1. The molecule has 2 aliphatic rings. The van der Waals surface area contributed by atoms with E-state index in [2.05, 4.69) is 22.5 Å². The van der Waals surface area contributed by atoms with Crippen LogP contribution in [0.5, 0.6) is 0 Å². The van der Waals surface area contributed by atoms with Crippen LogP contribution < -0.4 is 5.32 Å². The van der Waals surface area contributed by atoms with E-state index in [0.29, 0.717) is 31.2 Å². The summed E-state index contributed by atoms with van der Waals surface area (Å²) in [6.45, 7) is 1.35. The van der Waals surface area contributed by atoms with E-state index in [0.717, 1.165) is 36.0 Å². The van der Waals surface area contributed by atoms with Crippen LogP contribution in [-0.2, 0) is 21.5 Å². The standard InChI is InChI=1S/C23H25N3O3/c1-28-15-23(18-7-3-2-6-16(18)11-13-29-23)14-24-22(27)20-19-8-4-5-12-26(19)25-21(20)17-9-10-17/h2-8,12,17H,9-11,13-15H2,1H3,(H,24,27). The largest absolute Gasteiger partial charge is 0.381 e. The normalized spacial score (nSPS) is 21.1. The van der Waals surface area contributed by atoms with Crippen molar-refractivity contribution >= 4 is 11.4 Å². The van der Waals surface area contributed by atoms with Crippen molar-refractivity contribution < 1.29 is 14.3 Å². The fourth-order valence-electron chi connectivity index (χ4n) is 4.37. The molecule has 1 fully saturated rings. The van der Waals surface area contributed by atoms with Crippen LogP contribution in [0.2, 0.25) is 0 Å². The second kappa shape index (κ2) is 7.28. The molecular weight excluding hydrogens is 366 g/mol. The topological polar surface area (TPSA) is 64.9 Å². The first-order chi connectivity index (χ1) is 14.2. The number of aromatic nitrogens is 2. The summed E-state index contributed by atoms with van der Waals surface area (Å²) in [7, 11) is 1.67. The summed E-state index contributed by atoms with van der Waals surface area (Å²) in [4.78, 5) is 13.3. The van der Waals surface area contributed by atoms with Crippen molar-refractivity contribution in [2.24, 2.45) is 0 Å². The molecule has 2 aromatic heterocycles. The average molecular weight is 391 g/mol. The Kier molecular flexibility index (Phi) is 4.60. The van der Waals surface area contributed by atoms with Gasteiger partial charge in [-0.25, -0.2) is 4.52 Å². The first-order valence-electron chi connectivity index (χ1n) is 10.2. The van der Waals surface area contributed by atoms with Gasteiger partial charge in [-0.15, -0.1) is 0 Å². The summed E-state index contributed by atoms with van der Waals surface area (Å²) in [6.07, 6.45) is 4.95. The number of rotatable bonds is 6. The molecule has 1 amide bonds. The van der Waals surface area contributed by atoms with E-state index in [9.17, 15) is 4.79 Å². The lowest BCUT2D eigenvalue weighted by atomic mass is 9.86. The third kappa shape index (κ3) is 3.22. The van der Waals surface area contributed by atoms with Crippen molar-refractivity contribution in [1.82, 2.24) is 14.9 Å². The molecule has 1 saturated carbocycles. The Morgan fingerprint density at radius 2 is 2.10 bits per heavy atom. The van der Waals surface area contributed by atoms with Crippen molar-refractivity contribution in [3.8, 4) is 0 Å². The van der Waals surface area contributed by atoms with Crippen LogP contribution >= 0.6 is 0 Å². The molecule has 1 aliphatic heterocycles. The molecule has 3 aromatic rings. The Morgan fingerprint density at radius 1 is 1.28 bits per heavy atom. The lowest BCUT2D eigenvalue weighted by Crippen LogP contribution is -2.48. The van der Waals surface area contributed by atoms with E-state index in [1.165, 1.54) is 5.56 Å². The van der Waals surface area contributed by atoms with E-state index in [-0.39, 0.29) is 5.91 Å². The highest BCUT2D eigenvalue weighted by atomic mass is 16.5. The van der Waals surface area contributed by atoms with Crippen molar-refractivity contribution in [3.05, 3.63) is 71.0 Å². The first-order valence-corrected chi connectivity index (χ1v) is 10.2. The number of nitrogens with zero attached hydrogens (tertiary/aromatic N) is 2. The molecule has 1 aromatic carbocycles. The van der Waals surface area contributed by atoms with Gasteiger partial charge in [0.15, 0.2) is 0 Å². The minimum atomic E-state index is -0.679. The molecule has 1 N–H and O–H groups in total. The fraction of sp³-hybridized carbons (Fsp3) is 0.391. The molecule has 1 atom stereocenters. The van der Waals surface area contributed by atoms with Crippen LogP contribution in [0.25, 0.3) is 5.52 Å². The predicted molar refractivity (Wildman–Crippen MR) is 109 cm³/mol. The Hall–Kier alpha value is -2.70. The van der Waals surface area contributed by atoms with E-state index in [1.54, 1.807) is 11.6 Å². The van der Waals surface area contributed by atoms with Crippen LogP contribution in [0.1, 0.15) is 45.9 Å². The van der Waals surface area contributed by atoms with Gasteiger partial charge >= 0.3 is 0 Å². The number of ether oxygens (including phenoxy) is 2. The number of carbonyl (C=O) groups is 1. The van der Waals surface area contributed by atoms with Crippen molar-refractivity contribution in [2.75, 3.05) is 26.9 Å². The molecule has 29 heavy (non-hydrogen) atoms. The van der Waals surface area contributed by atoms with Gasteiger partial charge < -0.3 is 14.8 Å². The Bertz CT molecular complexity index is 1060. The van der Waals surface area contributed by atoms with Crippen molar-refractivity contribution in [1.29, 1.82) is 0 Å². The van der Waals surface area contributed by atoms with Gasteiger partial charge in [0, 0.05) is 19.2 Å². The molecule has 6 nitrogen and oxygen atoms in total. The summed E-state index contributed by atoms with van der Waals surface area (Å²) >= 11 is 0. The molecule has 3 heterocycles. The Morgan fingerprint density at radius 3 is 2.93 bits per heavy atom. The van der Waals surface area contributed by atoms with E-state index >= 15 is 0 Å². The highest BCUT2D eigenvalue weighted by Crippen LogP contribution is 2.42. The number of hydrogen-bond donors (Lipinski definition) is 1. The Labute approximate surface area is 169 Å². The van der Waals surface area contributed by atoms with Gasteiger partial charge in [-0.05, 0) is 42.5 Å². The molecule has 1 aliphatic carbocycles. The summed E-state index contributed by atoms with van der Waals surface area (Å²) in [5, 5.41) is 7.82. The van der Waals surface area contributed by atoms with Gasteiger partial charge in [-0.2, -0.15) is 5.10 Å². The highest BCUT2D eigenvalue weighted by molar-refractivity contribution is 6.02. The van der Waals surface area contributed by atoms with Gasteiger partial charge in [0.2, 0.25) is 0 Å². The quantitative estimate of drug-likeness (QED) is 0.701. The molecule has 0 bridgehead atoms.